The van der Waals surface area contributed by atoms with Gasteiger partial charge in [-0.25, -0.2) is 4.79 Å². The van der Waals surface area contributed by atoms with E-state index >= 15 is 0 Å². The second-order valence-corrected chi connectivity index (χ2v) is 6.32. The Kier molecular flexibility index (Phi) is 4.73. The predicted octanol–water partition coefficient (Wildman–Crippen LogP) is 2.48. The van der Waals surface area contributed by atoms with Crippen LogP contribution in [-0.2, 0) is 17.7 Å². The van der Waals surface area contributed by atoms with Crippen LogP contribution in [0.5, 0.6) is 0 Å². The van der Waals surface area contributed by atoms with Crippen LogP contribution in [0, 0.1) is 6.92 Å². The minimum Gasteiger partial charge on any atom is -0.465 e. The fourth-order valence-electron chi connectivity index (χ4n) is 3.25. The molecule has 2 aromatic rings. The maximum Gasteiger partial charge on any atom is 0.343 e. The first-order valence-corrected chi connectivity index (χ1v) is 8.19. The van der Waals surface area contributed by atoms with Crippen molar-refractivity contribution >= 4 is 17.6 Å². The summed E-state index contributed by atoms with van der Waals surface area (Å²) < 4.78 is 6.85. The summed E-state index contributed by atoms with van der Waals surface area (Å²) in [6.45, 7) is 3.29. The molecule has 24 heavy (non-hydrogen) atoms. The highest BCUT2D eigenvalue weighted by Gasteiger charge is 2.26. The van der Waals surface area contributed by atoms with Crippen LogP contribution in [0.2, 0.25) is 5.02 Å². The molecule has 5 nitrogen and oxygen atoms in total. The number of halogens is 1. The number of hydrogen-bond acceptors (Lipinski definition) is 4. The fourth-order valence-corrected chi connectivity index (χ4v) is 3.45. The normalized spacial score (nSPS) is 17.0. The lowest BCUT2D eigenvalue weighted by Gasteiger charge is -2.19. The number of benzene rings is 1. The molecule has 1 aromatic carbocycles. The Morgan fingerprint density at radius 1 is 1.38 bits per heavy atom. The summed E-state index contributed by atoms with van der Waals surface area (Å²) in [4.78, 5) is 24.5. The van der Waals surface area contributed by atoms with Crippen molar-refractivity contribution in [3.8, 4) is 0 Å². The third-order valence-electron chi connectivity index (χ3n) is 4.39. The molecule has 0 saturated carbocycles. The van der Waals surface area contributed by atoms with Gasteiger partial charge in [-0.15, -0.1) is 0 Å². The van der Waals surface area contributed by atoms with Crippen LogP contribution in [0.4, 0.5) is 0 Å². The number of methoxy groups -OCH3 is 1. The summed E-state index contributed by atoms with van der Waals surface area (Å²) in [5.41, 5.74) is 2.41. The summed E-state index contributed by atoms with van der Waals surface area (Å²) in [7, 11) is 1.29. The molecule has 0 amide bonds. The number of hydrogen-bond donors (Lipinski definition) is 1. The van der Waals surface area contributed by atoms with Crippen molar-refractivity contribution in [3.05, 3.63) is 68.1 Å². The molecule has 1 aromatic heterocycles. The lowest BCUT2D eigenvalue weighted by Crippen LogP contribution is -2.26. The molecule has 0 fully saturated rings. The van der Waals surface area contributed by atoms with E-state index in [-0.39, 0.29) is 17.0 Å². The molecular formula is C18H19ClN2O3. The molecular weight excluding hydrogens is 328 g/mol. The fraction of sp³-hybridized carbons (Fsp3) is 0.333. The highest BCUT2D eigenvalue weighted by atomic mass is 35.5. The monoisotopic (exact) mass is 346 g/mol. The Morgan fingerprint density at radius 2 is 2.17 bits per heavy atom. The average Bonchev–Trinajstić information content (AvgIpc) is 2.77. The van der Waals surface area contributed by atoms with Crippen molar-refractivity contribution in [2.45, 2.75) is 25.9 Å². The van der Waals surface area contributed by atoms with E-state index in [0.717, 1.165) is 17.8 Å². The first-order chi connectivity index (χ1) is 11.5. The van der Waals surface area contributed by atoms with Gasteiger partial charge < -0.3 is 14.6 Å². The van der Waals surface area contributed by atoms with Crippen molar-refractivity contribution in [1.29, 1.82) is 0 Å². The topological polar surface area (TPSA) is 60.3 Å². The maximum absolute atomic E-state index is 12.4. The van der Waals surface area contributed by atoms with E-state index in [2.05, 4.69) is 5.32 Å². The van der Waals surface area contributed by atoms with Gasteiger partial charge in [0.05, 0.1) is 7.11 Å². The molecule has 0 bridgehead atoms. The number of carbonyl (C=O) groups is 1. The van der Waals surface area contributed by atoms with Crippen molar-refractivity contribution < 1.29 is 9.53 Å². The van der Waals surface area contributed by atoms with Crippen LogP contribution in [0.1, 0.15) is 33.4 Å². The Morgan fingerprint density at radius 3 is 2.88 bits per heavy atom. The van der Waals surface area contributed by atoms with E-state index in [4.69, 9.17) is 16.3 Å². The number of ether oxygens (including phenoxy) is 1. The zero-order valence-corrected chi connectivity index (χ0v) is 14.4. The molecule has 6 heteroatoms. The summed E-state index contributed by atoms with van der Waals surface area (Å²) in [5.74, 6) is -0.588. The predicted molar refractivity (Wildman–Crippen MR) is 92.7 cm³/mol. The van der Waals surface area contributed by atoms with Crippen LogP contribution < -0.4 is 10.7 Å². The Hall–Kier alpha value is -2.11. The van der Waals surface area contributed by atoms with Gasteiger partial charge >= 0.3 is 5.97 Å². The van der Waals surface area contributed by atoms with E-state index < -0.39 is 5.97 Å². The van der Waals surface area contributed by atoms with Crippen molar-refractivity contribution in [1.82, 2.24) is 9.88 Å². The van der Waals surface area contributed by atoms with Gasteiger partial charge in [0.15, 0.2) is 5.43 Å². The summed E-state index contributed by atoms with van der Waals surface area (Å²) in [5, 5.41) is 4.13. The molecule has 0 spiro atoms. The van der Waals surface area contributed by atoms with E-state index in [0.29, 0.717) is 23.7 Å². The van der Waals surface area contributed by atoms with Crippen LogP contribution in [0.3, 0.4) is 0 Å². The molecule has 1 unspecified atom stereocenters. The standard InChI is InChI=1S/C18H19ClN2O3/c1-11-8-16(22)17(18(23)24-2)15-10-14(20-6-7-21(11)15)12-4-3-5-13(19)9-12/h3-5,8-9,14,20H,6-7,10H2,1-2H3. The largest absolute Gasteiger partial charge is 0.465 e. The lowest BCUT2D eigenvalue weighted by molar-refractivity contribution is 0.0596. The van der Waals surface area contributed by atoms with Crippen molar-refractivity contribution in [2.24, 2.45) is 0 Å². The van der Waals surface area contributed by atoms with Crippen LogP contribution in [0.15, 0.2) is 35.1 Å². The molecule has 0 radical (unpaired) electrons. The number of rotatable bonds is 2. The zero-order valence-electron chi connectivity index (χ0n) is 13.6. The van der Waals surface area contributed by atoms with Gasteiger partial charge in [-0.3, -0.25) is 4.79 Å². The Bertz CT molecular complexity index is 845. The van der Waals surface area contributed by atoms with Crippen molar-refractivity contribution in [2.75, 3.05) is 13.7 Å². The molecule has 1 atom stereocenters. The van der Waals surface area contributed by atoms with Crippen LogP contribution in [0.25, 0.3) is 0 Å². The third-order valence-corrected chi connectivity index (χ3v) is 4.63. The smallest absolute Gasteiger partial charge is 0.343 e. The first kappa shape index (κ1) is 16.7. The first-order valence-electron chi connectivity index (χ1n) is 7.81. The number of fused-ring (bicyclic) bond motifs is 1. The molecule has 0 saturated heterocycles. The molecule has 1 N–H and O–H groups in total. The van der Waals surface area contributed by atoms with Gasteiger partial charge in [0, 0.05) is 48.0 Å². The van der Waals surface area contributed by atoms with Crippen LogP contribution >= 0.6 is 11.6 Å². The van der Waals surface area contributed by atoms with Gasteiger partial charge in [-0.2, -0.15) is 0 Å². The second-order valence-electron chi connectivity index (χ2n) is 5.88. The zero-order chi connectivity index (χ0) is 17.3. The van der Waals surface area contributed by atoms with Gasteiger partial charge in [0.25, 0.3) is 0 Å². The summed E-state index contributed by atoms with van der Waals surface area (Å²) in [6, 6.07) is 9.09. The number of carbonyl (C=O) groups excluding carboxylic acids is 1. The Labute approximate surface area is 145 Å². The average molecular weight is 347 g/mol. The molecule has 1 aliphatic heterocycles. The van der Waals surface area contributed by atoms with E-state index in [1.165, 1.54) is 13.2 Å². The minimum atomic E-state index is -0.588. The van der Waals surface area contributed by atoms with E-state index in [9.17, 15) is 9.59 Å². The summed E-state index contributed by atoms with van der Waals surface area (Å²) in [6.07, 6.45) is 0.516. The Balaban J connectivity index is 2.12. The number of aromatic nitrogens is 1. The third kappa shape index (κ3) is 3.09. The van der Waals surface area contributed by atoms with Gasteiger partial charge in [-0.1, -0.05) is 23.7 Å². The van der Waals surface area contributed by atoms with E-state index in [1.807, 2.05) is 35.8 Å². The minimum absolute atomic E-state index is 0.0259. The number of nitrogens with one attached hydrogen (secondary N) is 1. The molecule has 126 valence electrons. The van der Waals surface area contributed by atoms with Gasteiger partial charge in [-0.05, 0) is 24.6 Å². The molecule has 0 aliphatic carbocycles. The van der Waals surface area contributed by atoms with Crippen LogP contribution in [-0.4, -0.2) is 24.2 Å². The SMILES string of the molecule is COC(=O)c1c2n(c(C)cc1=O)CCNC(c1cccc(Cl)c1)C2. The van der Waals surface area contributed by atoms with E-state index in [1.54, 1.807) is 0 Å². The number of esters is 1. The number of nitrogens with zero attached hydrogens (tertiary/aromatic N) is 1. The molecule has 3 rings (SSSR count). The lowest BCUT2D eigenvalue weighted by atomic mass is 9.99. The quantitative estimate of drug-likeness (QED) is 0.849. The number of aryl methyl sites for hydroxylation is 1. The number of pyridine rings is 1. The highest BCUT2D eigenvalue weighted by molar-refractivity contribution is 6.30. The molecule has 1 aliphatic rings. The van der Waals surface area contributed by atoms with Gasteiger partial charge in [0.2, 0.25) is 0 Å². The maximum atomic E-state index is 12.4. The van der Waals surface area contributed by atoms with Crippen molar-refractivity contribution in [3.63, 3.8) is 0 Å². The molecule has 2 heterocycles. The summed E-state index contributed by atoms with van der Waals surface area (Å²) >= 11 is 6.10. The van der Waals surface area contributed by atoms with Gasteiger partial charge in [0.1, 0.15) is 5.56 Å². The second kappa shape index (κ2) is 6.79. The highest BCUT2D eigenvalue weighted by Crippen LogP contribution is 2.25.